The molecule has 146 valence electrons. The molecule has 4 amide bonds. The zero-order valence-corrected chi connectivity index (χ0v) is 15.8. The summed E-state index contributed by atoms with van der Waals surface area (Å²) in [5, 5.41) is 0. The Morgan fingerprint density at radius 3 is 2.67 bits per heavy atom. The summed E-state index contributed by atoms with van der Waals surface area (Å²) in [6.45, 7) is 1.65. The Bertz CT molecular complexity index is 736. The number of amides is 4. The molecule has 3 heterocycles. The highest BCUT2D eigenvalue weighted by molar-refractivity contribution is 5.95. The summed E-state index contributed by atoms with van der Waals surface area (Å²) in [4.78, 5) is 41.7. The van der Waals surface area contributed by atoms with Crippen molar-refractivity contribution in [2.75, 3.05) is 40.3 Å². The third-order valence-corrected chi connectivity index (χ3v) is 5.09. The van der Waals surface area contributed by atoms with Crippen LogP contribution in [0.15, 0.2) is 24.3 Å². The van der Waals surface area contributed by atoms with Crippen LogP contribution in [0.2, 0.25) is 0 Å². The van der Waals surface area contributed by atoms with Gasteiger partial charge in [-0.1, -0.05) is 6.07 Å². The van der Waals surface area contributed by atoms with Gasteiger partial charge in [0.1, 0.15) is 5.75 Å². The molecule has 1 aromatic carbocycles. The van der Waals surface area contributed by atoms with Crippen LogP contribution in [-0.4, -0.2) is 78.9 Å². The first-order chi connectivity index (χ1) is 12.8. The molecule has 2 atom stereocenters. The fraction of sp³-hybridized carbons (Fsp3) is 0.526. The quantitative estimate of drug-likeness (QED) is 0.842. The molecule has 4 rings (SSSR count). The van der Waals surface area contributed by atoms with Crippen LogP contribution in [0, 0.1) is 5.92 Å². The van der Waals surface area contributed by atoms with Gasteiger partial charge in [-0.05, 0) is 37.0 Å². The van der Waals surface area contributed by atoms with Gasteiger partial charge in [-0.15, -0.1) is 0 Å². The number of nitrogens with zero attached hydrogens (tertiary/aromatic N) is 3. The first kappa shape index (κ1) is 19.0. The number of benzene rings is 1. The monoisotopic (exact) mass is 374 g/mol. The molecule has 2 N–H and O–H groups in total. The fourth-order valence-electron chi connectivity index (χ4n) is 3.81. The zero-order valence-electron chi connectivity index (χ0n) is 15.8. The summed E-state index contributed by atoms with van der Waals surface area (Å²) >= 11 is 0. The third kappa shape index (κ3) is 4.32. The Balaban J connectivity index is 1.75. The van der Waals surface area contributed by atoms with E-state index in [9.17, 15) is 14.4 Å². The van der Waals surface area contributed by atoms with Gasteiger partial charge < -0.3 is 25.2 Å². The van der Waals surface area contributed by atoms with Crippen LogP contribution in [0.3, 0.4) is 0 Å². The minimum atomic E-state index is -0.567. The number of carbonyl (C=O) groups is 3. The second kappa shape index (κ2) is 7.85. The van der Waals surface area contributed by atoms with Crippen LogP contribution in [0.1, 0.15) is 23.2 Å². The highest BCUT2D eigenvalue weighted by Gasteiger charge is 2.39. The highest BCUT2D eigenvalue weighted by Crippen LogP contribution is 2.30. The first-order valence-electron chi connectivity index (χ1n) is 9.13. The maximum absolute atomic E-state index is 13.1. The predicted octanol–water partition coefficient (Wildman–Crippen LogP) is 0.769. The molecule has 0 aliphatic carbocycles. The van der Waals surface area contributed by atoms with Crippen molar-refractivity contribution in [3.63, 3.8) is 0 Å². The van der Waals surface area contributed by atoms with E-state index in [0.717, 1.165) is 12.8 Å². The summed E-state index contributed by atoms with van der Waals surface area (Å²) in [7, 11) is 3.49. The molecule has 3 aliphatic heterocycles. The lowest BCUT2D eigenvalue weighted by molar-refractivity contribution is -0.119. The lowest BCUT2D eigenvalue weighted by atomic mass is 9.94. The number of rotatable bonds is 4. The Hall–Kier alpha value is -2.77. The average molecular weight is 374 g/mol. The summed E-state index contributed by atoms with van der Waals surface area (Å²) in [6, 6.07) is 6.78. The summed E-state index contributed by atoms with van der Waals surface area (Å²) < 4.78 is 5.30. The van der Waals surface area contributed by atoms with Gasteiger partial charge in [-0.2, -0.15) is 0 Å². The van der Waals surface area contributed by atoms with E-state index in [2.05, 4.69) is 0 Å². The van der Waals surface area contributed by atoms with Gasteiger partial charge in [0.2, 0.25) is 0 Å². The standard InChI is InChI=1S/C19H26N4O4/c1-21(2)19(26)22-9-13-6-7-15(11-22)23(10-13)18(25)14-4-3-5-16(8-14)27-12-17(20)24/h3-5,8,13,15H,6-7,9-12H2,1-2H3,(H2,20,24)/t13-,15+/m1/s1. The second-order valence-corrected chi connectivity index (χ2v) is 7.42. The molecule has 3 fully saturated rings. The van der Waals surface area contributed by atoms with Crippen LogP contribution in [0.5, 0.6) is 5.75 Å². The molecule has 27 heavy (non-hydrogen) atoms. The number of primary amides is 1. The van der Waals surface area contributed by atoms with Crippen LogP contribution in [-0.2, 0) is 4.79 Å². The van der Waals surface area contributed by atoms with E-state index in [4.69, 9.17) is 10.5 Å². The first-order valence-corrected chi connectivity index (χ1v) is 9.13. The van der Waals surface area contributed by atoms with E-state index in [1.54, 1.807) is 43.3 Å². The topological polar surface area (TPSA) is 96.2 Å². The van der Waals surface area contributed by atoms with Gasteiger partial charge in [-0.3, -0.25) is 9.59 Å². The second-order valence-electron chi connectivity index (χ2n) is 7.42. The van der Waals surface area contributed by atoms with Gasteiger partial charge >= 0.3 is 6.03 Å². The molecule has 0 saturated carbocycles. The average Bonchev–Trinajstić information content (AvgIpc) is 2.97. The number of nitrogens with two attached hydrogens (primary N) is 1. The maximum atomic E-state index is 13.1. The maximum Gasteiger partial charge on any atom is 0.319 e. The van der Waals surface area contributed by atoms with Gasteiger partial charge in [0, 0.05) is 45.3 Å². The number of hydrogen-bond acceptors (Lipinski definition) is 4. The summed E-state index contributed by atoms with van der Waals surface area (Å²) in [6.07, 6.45) is 1.92. The molecule has 0 aromatic heterocycles. The molecule has 8 heteroatoms. The van der Waals surface area contributed by atoms with Crippen LogP contribution >= 0.6 is 0 Å². The van der Waals surface area contributed by atoms with E-state index < -0.39 is 5.91 Å². The van der Waals surface area contributed by atoms with Crippen molar-refractivity contribution < 1.29 is 19.1 Å². The lowest BCUT2D eigenvalue weighted by Gasteiger charge is -2.36. The molecule has 2 bridgehead atoms. The minimum absolute atomic E-state index is 0.00958. The molecule has 8 nitrogen and oxygen atoms in total. The van der Waals surface area contributed by atoms with E-state index in [1.807, 2.05) is 9.80 Å². The van der Waals surface area contributed by atoms with Crippen molar-refractivity contribution >= 4 is 17.8 Å². The van der Waals surface area contributed by atoms with Crippen molar-refractivity contribution in [3.8, 4) is 5.75 Å². The SMILES string of the molecule is CN(C)C(=O)N1C[C@H]2CC[C@@H](C1)N(C(=O)c1cccc(OCC(N)=O)c1)C2. The molecule has 3 saturated heterocycles. The van der Waals surface area contributed by atoms with Crippen molar-refractivity contribution in [1.29, 1.82) is 0 Å². The van der Waals surface area contributed by atoms with Crippen LogP contribution in [0.25, 0.3) is 0 Å². The Morgan fingerprint density at radius 1 is 1.19 bits per heavy atom. The molecule has 0 radical (unpaired) electrons. The van der Waals surface area contributed by atoms with Crippen molar-refractivity contribution in [2.45, 2.75) is 18.9 Å². The predicted molar refractivity (Wildman–Crippen MR) is 99.3 cm³/mol. The van der Waals surface area contributed by atoms with Gasteiger partial charge in [0.15, 0.2) is 6.61 Å². The van der Waals surface area contributed by atoms with Crippen molar-refractivity contribution in [1.82, 2.24) is 14.7 Å². The highest BCUT2D eigenvalue weighted by atomic mass is 16.5. The molecule has 0 unspecified atom stereocenters. The number of fused-ring (bicyclic) bond motifs is 4. The van der Waals surface area contributed by atoms with Crippen LogP contribution in [0.4, 0.5) is 4.79 Å². The summed E-state index contributed by atoms with van der Waals surface area (Å²) in [5.74, 6) is 0.0746. The van der Waals surface area contributed by atoms with Crippen LogP contribution < -0.4 is 10.5 Å². The number of carbonyl (C=O) groups excluding carboxylic acids is 3. The normalized spacial score (nSPS) is 21.6. The van der Waals surface area contributed by atoms with Crippen molar-refractivity contribution in [3.05, 3.63) is 29.8 Å². The Labute approximate surface area is 158 Å². The molecule has 1 aromatic rings. The fourth-order valence-corrected chi connectivity index (χ4v) is 3.81. The third-order valence-electron chi connectivity index (χ3n) is 5.09. The lowest BCUT2D eigenvalue weighted by Crippen LogP contribution is -2.48. The Kier molecular flexibility index (Phi) is 5.53. The summed E-state index contributed by atoms with van der Waals surface area (Å²) in [5.41, 5.74) is 5.61. The smallest absolute Gasteiger partial charge is 0.319 e. The molecular formula is C19H26N4O4. The van der Waals surface area contributed by atoms with E-state index in [0.29, 0.717) is 30.9 Å². The molecular weight excluding hydrogens is 348 g/mol. The minimum Gasteiger partial charge on any atom is -0.484 e. The molecule has 0 spiro atoms. The number of urea groups is 1. The largest absolute Gasteiger partial charge is 0.484 e. The van der Waals surface area contributed by atoms with Crippen molar-refractivity contribution in [2.24, 2.45) is 11.7 Å². The molecule has 3 aliphatic rings. The van der Waals surface area contributed by atoms with Gasteiger partial charge in [0.05, 0.1) is 0 Å². The van der Waals surface area contributed by atoms with Gasteiger partial charge in [-0.25, -0.2) is 4.79 Å². The van der Waals surface area contributed by atoms with Gasteiger partial charge in [0.25, 0.3) is 11.8 Å². The number of ether oxygens (including phenoxy) is 1. The van der Waals surface area contributed by atoms with E-state index in [-0.39, 0.29) is 30.5 Å². The Morgan fingerprint density at radius 2 is 1.96 bits per heavy atom. The number of hydrogen-bond donors (Lipinski definition) is 1. The zero-order chi connectivity index (χ0) is 19.6. The van der Waals surface area contributed by atoms with E-state index >= 15 is 0 Å². The van der Waals surface area contributed by atoms with E-state index in [1.165, 1.54) is 0 Å². The number of piperidine rings is 1.